The topological polar surface area (TPSA) is 55.8 Å². The SMILES string of the molecule is COC(=O)c1ccc(C(=O)N2CCC(OCc3ccccc3)CC2)cc1. The summed E-state index contributed by atoms with van der Waals surface area (Å²) in [5.41, 5.74) is 2.19. The highest BCUT2D eigenvalue weighted by atomic mass is 16.5. The van der Waals surface area contributed by atoms with Crippen molar-refractivity contribution < 1.29 is 19.1 Å². The lowest BCUT2D eigenvalue weighted by Gasteiger charge is -2.32. The van der Waals surface area contributed by atoms with Gasteiger partial charge in [-0.1, -0.05) is 30.3 Å². The number of carbonyl (C=O) groups excluding carboxylic acids is 2. The summed E-state index contributed by atoms with van der Waals surface area (Å²) in [5.74, 6) is -0.414. The molecular weight excluding hydrogens is 330 g/mol. The Hall–Kier alpha value is -2.66. The molecule has 2 aromatic rings. The average Bonchev–Trinajstić information content (AvgIpc) is 2.72. The van der Waals surface area contributed by atoms with Crippen LogP contribution in [0.25, 0.3) is 0 Å². The van der Waals surface area contributed by atoms with E-state index in [1.54, 1.807) is 24.3 Å². The van der Waals surface area contributed by atoms with Crippen molar-refractivity contribution in [2.75, 3.05) is 20.2 Å². The van der Waals surface area contributed by atoms with Gasteiger partial charge in [0.25, 0.3) is 5.91 Å². The van der Waals surface area contributed by atoms with Crippen LogP contribution in [0.15, 0.2) is 54.6 Å². The number of carbonyl (C=O) groups is 2. The number of benzene rings is 2. The number of amides is 1. The summed E-state index contributed by atoms with van der Waals surface area (Å²) in [6.45, 7) is 1.96. The molecular formula is C21H23NO4. The van der Waals surface area contributed by atoms with E-state index in [2.05, 4.69) is 16.9 Å². The number of esters is 1. The molecule has 0 aliphatic carbocycles. The molecule has 0 spiro atoms. The molecule has 0 N–H and O–H groups in total. The van der Waals surface area contributed by atoms with Crippen LogP contribution in [-0.2, 0) is 16.1 Å². The molecule has 5 heteroatoms. The van der Waals surface area contributed by atoms with Crippen molar-refractivity contribution in [3.05, 3.63) is 71.3 Å². The molecule has 1 saturated heterocycles. The number of piperidine rings is 1. The van der Waals surface area contributed by atoms with Gasteiger partial charge >= 0.3 is 5.97 Å². The molecule has 0 unspecified atom stereocenters. The molecule has 1 amide bonds. The zero-order chi connectivity index (χ0) is 18.4. The van der Waals surface area contributed by atoms with Crippen LogP contribution >= 0.6 is 0 Å². The molecule has 0 bridgehead atoms. The van der Waals surface area contributed by atoms with E-state index in [4.69, 9.17) is 4.74 Å². The molecule has 0 saturated carbocycles. The second-order valence-electron chi connectivity index (χ2n) is 6.36. The highest BCUT2D eigenvalue weighted by Gasteiger charge is 2.24. The Bertz CT molecular complexity index is 734. The van der Waals surface area contributed by atoms with Crippen molar-refractivity contribution in [3.8, 4) is 0 Å². The van der Waals surface area contributed by atoms with E-state index in [9.17, 15) is 9.59 Å². The van der Waals surface area contributed by atoms with E-state index < -0.39 is 5.97 Å². The van der Waals surface area contributed by atoms with Gasteiger partial charge in [0, 0.05) is 18.7 Å². The standard InChI is InChI=1S/C21H23NO4/c1-25-21(24)18-9-7-17(8-10-18)20(23)22-13-11-19(12-14-22)26-15-16-5-3-2-4-6-16/h2-10,19H,11-15H2,1H3. The number of hydrogen-bond acceptors (Lipinski definition) is 4. The minimum absolute atomic E-state index is 0.0112. The largest absolute Gasteiger partial charge is 0.465 e. The fourth-order valence-electron chi connectivity index (χ4n) is 3.06. The lowest BCUT2D eigenvalue weighted by molar-refractivity contribution is -0.000388. The predicted molar refractivity (Wildman–Crippen MR) is 97.9 cm³/mol. The van der Waals surface area contributed by atoms with Gasteiger partial charge < -0.3 is 14.4 Å². The van der Waals surface area contributed by atoms with Gasteiger partial charge in [0.1, 0.15) is 0 Å². The van der Waals surface area contributed by atoms with Crippen LogP contribution in [0.1, 0.15) is 39.1 Å². The van der Waals surface area contributed by atoms with Crippen molar-refractivity contribution >= 4 is 11.9 Å². The molecule has 1 aliphatic heterocycles. The summed E-state index contributed by atoms with van der Waals surface area (Å²) in [4.78, 5) is 25.9. The highest BCUT2D eigenvalue weighted by molar-refractivity contribution is 5.96. The molecule has 2 aromatic carbocycles. The lowest BCUT2D eigenvalue weighted by atomic mass is 10.1. The van der Waals surface area contributed by atoms with E-state index in [1.807, 2.05) is 23.1 Å². The summed E-state index contributed by atoms with van der Waals surface area (Å²) in [6.07, 6.45) is 1.85. The number of nitrogens with zero attached hydrogens (tertiary/aromatic N) is 1. The van der Waals surface area contributed by atoms with Crippen molar-refractivity contribution in [1.82, 2.24) is 4.90 Å². The first-order chi connectivity index (χ1) is 12.7. The maximum atomic E-state index is 12.6. The predicted octanol–water partition coefficient (Wildman–Crippen LogP) is 3.29. The summed E-state index contributed by atoms with van der Waals surface area (Å²) >= 11 is 0. The monoisotopic (exact) mass is 353 g/mol. The van der Waals surface area contributed by atoms with Gasteiger partial charge in [-0.15, -0.1) is 0 Å². The molecule has 0 atom stereocenters. The molecule has 1 heterocycles. The van der Waals surface area contributed by atoms with Crippen molar-refractivity contribution in [3.63, 3.8) is 0 Å². The van der Waals surface area contributed by atoms with Gasteiger partial charge in [-0.25, -0.2) is 4.79 Å². The molecule has 0 aromatic heterocycles. The van der Waals surface area contributed by atoms with Crippen molar-refractivity contribution in [1.29, 1.82) is 0 Å². The second-order valence-corrected chi connectivity index (χ2v) is 6.36. The number of rotatable bonds is 5. The van der Waals surface area contributed by atoms with Gasteiger partial charge in [0.2, 0.25) is 0 Å². The van der Waals surface area contributed by atoms with Crippen molar-refractivity contribution in [2.45, 2.75) is 25.6 Å². The maximum Gasteiger partial charge on any atom is 0.337 e. The van der Waals surface area contributed by atoms with Crippen LogP contribution in [0.2, 0.25) is 0 Å². The van der Waals surface area contributed by atoms with Crippen LogP contribution < -0.4 is 0 Å². The van der Waals surface area contributed by atoms with Crippen LogP contribution in [0.5, 0.6) is 0 Å². The first-order valence-electron chi connectivity index (χ1n) is 8.80. The van der Waals surface area contributed by atoms with Crippen LogP contribution in [0.4, 0.5) is 0 Å². The Morgan fingerprint density at radius 3 is 2.19 bits per heavy atom. The Morgan fingerprint density at radius 1 is 0.962 bits per heavy atom. The molecule has 3 rings (SSSR count). The molecule has 1 aliphatic rings. The molecule has 5 nitrogen and oxygen atoms in total. The molecule has 1 fully saturated rings. The summed E-state index contributed by atoms with van der Waals surface area (Å²) < 4.78 is 10.6. The van der Waals surface area contributed by atoms with Crippen molar-refractivity contribution in [2.24, 2.45) is 0 Å². The van der Waals surface area contributed by atoms with Gasteiger partial charge in [0.05, 0.1) is 25.4 Å². The minimum Gasteiger partial charge on any atom is -0.465 e. The highest BCUT2D eigenvalue weighted by Crippen LogP contribution is 2.18. The third-order valence-corrected chi connectivity index (χ3v) is 4.61. The number of likely N-dealkylation sites (tertiary alicyclic amines) is 1. The fraction of sp³-hybridized carbons (Fsp3) is 0.333. The summed E-state index contributed by atoms with van der Waals surface area (Å²) in [5, 5.41) is 0. The normalized spacial score (nSPS) is 14.9. The third kappa shape index (κ3) is 4.49. The Morgan fingerprint density at radius 2 is 1.58 bits per heavy atom. The average molecular weight is 353 g/mol. The third-order valence-electron chi connectivity index (χ3n) is 4.61. The van der Waals surface area contributed by atoms with E-state index in [-0.39, 0.29) is 12.0 Å². The van der Waals surface area contributed by atoms with Crippen LogP contribution in [0.3, 0.4) is 0 Å². The first kappa shape index (κ1) is 18.1. The van der Waals surface area contributed by atoms with E-state index in [0.29, 0.717) is 30.8 Å². The van der Waals surface area contributed by atoms with Gasteiger partial charge in [-0.2, -0.15) is 0 Å². The zero-order valence-electron chi connectivity index (χ0n) is 14.9. The Labute approximate surface area is 153 Å². The molecule has 26 heavy (non-hydrogen) atoms. The Kier molecular flexibility index (Phi) is 6.02. The number of ether oxygens (including phenoxy) is 2. The van der Waals surface area contributed by atoms with E-state index in [0.717, 1.165) is 18.4 Å². The number of hydrogen-bond donors (Lipinski definition) is 0. The van der Waals surface area contributed by atoms with Gasteiger partial charge in [0.15, 0.2) is 0 Å². The minimum atomic E-state index is -0.402. The van der Waals surface area contributed by atoms with Gasteiger partial charge in [-0.05, 0) is 42.7 Å². The number of methoxy groups -OCH3 is 1. The van der Waals surface area contributed by atoms with E-state index >= 15 is 0 Å². The zero-order valence-corrected chi connectivity index (χ0v) is 14.9. The Balaban J connectivity index is 1.49. The maximum absolute atomic E-state index is 12.6. The van der Waals surface area contributed by atoms with Crippen LogP contribution in [-0.4, -0.2) is 43.1 Å². The fourth-order valence-corrected chi connectivity index (χ4v) is 3.06. The molecule has 0 radical (unpaired) electrons. The summed E-state index contributed by atoms with van der Waals surface area (Å²) in [6, 6.07) is 16.7. The van der Waals surface area contributed by atoms with E-state index in [1.165, 1.54) is 7.11 Å². The lowest BCUT2D eigenvalue weighted by Crippen LogP contribution is -2.40. The second kappa shape index (κ2) is 8.63. The van der Waals surface area contributed by atoms with Crippen LogP contribution in [0, 0.1) is 0 Å². The summed E-state index contributed by atoms with van der Waals surface area (Å²) in [7, 11) is 1.34. The quantitative estimate of drug-likeness (QED) is 0.774. The molecule has 136 valence electrons. The van der Waals surface area contributed by atoms with Gasteiger partial charge in [-0.3, -0.25) is 4.79 Å². The smallest absolute Gasteiger partial charge is 0.337 e. The first-order valence-corrected chi connectivity index (χ1v) is 8.80.